The molecule has 0 aromatic heterocycles. The Bertz CT molecular complexity index is 418. The average molecular weight is 247 g/mol. The summed E-state index contributed by atoms with van der Waals surface area (Å²) in [4.78, 5) is 0. The van der Waals surface area contributed by atoms with Gasteiger partial charge < -0.3 is 4.74 Å². The lowest BCUT2D eigenvalue weighted by molar-refractivity contribution is 0.317. The van der Waals surface area contributed by atoms with Crippen molar-refractivity contribution in [3.05, 3.63) is 34.4 Å². The van der Waals surface area contributed by atoms with Crippen molar-refractivity contribution in [2.45, 2.75) is 53.4 Å². The van der Waals surface area contributed by atoms with Gasteiger partial charge in [0.25, 0.3) is 0 Å². The van der Waals surface area contributed by atoms with Gasteiger partial charge in [-0.05, 0) is 48.4 Å². The molecule has 0 unspecified atom stereocenters. The van der Waals surface area contributed by atoms with E-state index in [0.717, 1.165) is 0 Å². The van der Waals surface area contributed by atoms with E-state index in [1.165, 1.54) is 22.3 Å². The lowest BCUT2D eigenvalue weighted by Gasteiger charge is -2.22. The maximum absolute atomic E-state index is 7.77. The summed E-state index contributed by atoms with van der Waals surface area (Å²) in [6.45, 7) is 13.4. The predicted octanol–water partition coefficient (Wildman–Crippen LogP) is 4.16. The van der Waals surface area contributed by atoms with Crippen LogP contribution >= 0.6 is 0 Å². The van der Waals surface area contributed by atoms with Gasteiger partial charge in [-0.3, -0.25) is 5.41 Å². The average Bonchev–Trinajstić information content (AvgIpc) is 2.22. The van der Waals surface area contributed by atoms with Gasteiger partial charge in [-0.15, -0.1) is 0 Å². The molecule has 0 aliphatic carbocycles. The molecule has 1 rings (SSSR count). The molecule has 100 valence electrons. The molecule has 0 bridgehead atoms. The Balaban J connectivity index is 3.06. The molecule has 0 radical (unpaired) electrons. The minimum Gasteiger partial charge on any atom is -0.481 e. The van der Waals surface area contributed by atoms with Crippen molar-refractivity contribution in [2.24, 2.45) is 0 Å². The van der Waals surface area contributed by atoms with Crippen LogP contribution in [0, 0.1) is 19.3 Å². The van der Waals surface area contributed by atoms with Gasteiger partial charge in [-0.2, -0.15) is 0 Å². The molecule has 1 N–H and O–H groups in total. The van der Waals surface area contributed by atoms with E-state index in [1.807, 2.05) is 6.92 Å². The summed E-state index contributed by atoms with van der Waals surface area (Å²) in [5.41, 5.74) is 5.25. The van der Waals surface area contributed by atoms with E-state index in [9.17, 15) is 0 Å². The highest BCUT2D eigenvalue weighted by Crippen LogP contribution is 2.27. The van der Waals surface area contributed by atoms with Crippen LogP contribution in [0.15, 0.2) is 12.1 Å². The number of hydrogen-bond donors (Lipinski definition) is 1. The van der Waals surface area contributed by atoms with Crippen molar-refractivity contribution in [2.75, 3.05) is 6.61 Å². The van der Waals surface area contributed by atoms with Gasteiger partial charge in [0.1, 0.15) is 0 Å². The second-order valence-electron chi connectivity index (χ2n) is 5.87. The third-order valence-corrected chi connectivity index (χ3v) is 3.22. The monoisotopic (exact) mass is 247 g/mol. The normalized spacial score (nSPS) is 11.4. The third-order valence-electron chi connectivity index (χ3n) is 3.22. The molecule has 0 heterocycles. The van der Waals surface area contributed by atoms with Crippen LogP contribution < -0.4 is 0 Å². The fraction of sp³-hybridized carbons (Fsp3) is 0.562. The van der Waals surface area contributed by atoms with Crippen molar-refractivity contribution >= 4 is 5.90 Å². The Morgan fingerprint density at radius 3 is 2.06 bits per heavy atom. The van der Waals surface area contributed by atoms with Gasteiger partial charge in [0, 0.05) is 6.42 Å². The number of hydrogen-bond acceptors (Lipinski definition) is 2. The van der Waals surface area contributed by atoms with Crippen LogP contribution in [0.25, 0.3) is 0 Å². The Morgan fingerprint density at radius 1 is 1.17 bits per heavy atom. The number of ether oxygens (including phenoxy) is 1. The zero-order valence-corrected chi connectivity index (χ0v) is 12.5. The van der Waals surface area contributed by atoms with Crippen molar-refractivity contribution in [3.63, 3.8) is 0 Å². The molecule has 1 aromatic rings. The number of nitrogens with one attached hydrogen (secondary N) is 1. The minimum absolute atomic E-state index is 0.168. The van der Waals surface area contributed by atoms with Crippen LogP contribution in [0.1, 0.15) is 49.9 Å². The van der Waals surface area contributed by atoms with E-state index in [2.05, 4.69) is 46.8 Å². The lowest BCUT2D eigenvalue weighted by Crippen LogP contribution is -2.14. The number of aryl methyl sites for hydroxylation is 2. The Labute approximate surface area is 111 Å². The van der Waals surface area contributed by atoms with Crippen molar-refractivity contribution < 1.29 is 4.74 Å². The molecule has 0 saturated carbocycles. The van der Waals surface area contributed by atoms with E-state index in [1.54, 1.807) is 0 Å². The smallest absolute Gasteiger partial charge is 0.184 e. The summed E-state index contributed by atoms with van der Waals surface area (Å²) in [7, 11) is 0. The van der Waals surface area contributed by atoms with Gasteiger partial charge in [-0.25, -0.2) is 0 Å². The maximum atomic E-state index is 7.77. The molecule has 0 spiro atoms. The summed E-state index contributed by atoms with van der Waals surface area (Å²) < 4.78 is 5.24. The topological polar surface area (TPSA) is 33.1 Å². The highest BCUT2D eigenvalue weighted by atomic mass is 16.5. The SMILES string of the molecule is CCOC(=N)Cc1c(C)cc(C(C)(C)C)cc1C. The van der Waals surface area contributed by atoms with E-state index >= 15 is 0 Å². The highest BCUT2D eigenvalue weighted by Gasteiger charge is 2.16. The molecule has 0 atom stereocenters. The molecule has 0 saturated heterocycles. The zero-order chi connectivity index (χ0) is 13.9. The molecular weight excluding hydrogens is 222 g/mol. The molecular formula is C16H25NO. The largest absolute Gasteiger partial charge is 0.481 e. The van der Waals surface area contributed by atoms with Gasteiger partial charge in [0.15, 0.2) is 5.90 Å². The van der Waals surface area contributed by atoms with Crippen LogP contribution in [0.2, 0.25) is 0 Å². The summed E-state index contributed by atoms with van der Waals surface area (Å²) in [5.74, 6) is 0.354. The van der Waals surface area contributed by atoms with E-state index in [-0.39, 0.29) is 5.41 Å². The van der Waals surface area contributed by atoms with Crippen LogP contribution in [0.3, 0.4) is 0 Å². The van der Waals surface area contributed by atoms with Gasteiger partial charge >= 0.3 is 0 Å². The van der Waals surface area contributed by atoms with Crippen molar-refractivity contribution in [1.82, 2.24) is 0 Å². The summed E-state index contributed by atoms with van der Waals surface area (Å²) >= 11 is 0. The third kappa shape index (κ3) is 3.59. The lowest BCUT2D eigenvalue weighted by atomic mass is 9.83. The summed E-state index contributed by atoms with van der Waals surface area (Å²) in [5, 5.41) is 7.77. The van der Waals surface area contributed by atoms with Gasteiger partial charge in [0.05, 0.1) is 6.61 Å². The van der Waals surface area contributed by atoms with Crippen molar-refractivity contribution in [1.29, 1.82) is 5.41 Å². The zero-order valence-electron chi connectivity index (χ0n) is 12.5. The first kappa shape index (κ1) is 14.7. The standard InChI is InChI=1S/C16H25NO/c1-7-18-15(17)10-14-11(2)8-13(9-12(14)3)16(4,5)6/h8-9,17H,7,10H2,1-6H3. The molecule has 0 aliphatic heterocycles. The fourth-order valence-electron chi connectivity index (χ4n) is 2.09. The first-order chi connectivity index (χ1) is 8.25. The molecule has 2 nitrogen and oxygen atoms in total. The van der Waals surface area contributed by atoms with Gasteiger partial charge in [0.2, 0.25) is 0 Å². The molecule has 18 heavy (non-hydrogen) atoms. The van der Waals surface area contributed by atoms with E-state index in [0.29, 0.717) is 18.9 Å². The van der Waals surface area contributed by atoms with Crippen LogP contribution in [-0.2, 0) is 16.6 Å². The highest BCUT2D eigenvalue weighted by molar-refractivity contribution is 5.76. The number of benzene rings is 1. The predicted molar refractivity (Wildman–Crippen MR) is 77.7 cm³/mol. The summed E-state index contributed by atoms with van der Waals surface area (Å²) in [6, 6.07) is 4.48. The first-order valence-electron chi connectivity index (χ1n) is 6.56. The number of rotatable bonds is 3. The van der Waals surface area contributed by atoms with E-state index < -0.39 is 0 Å². The first-order valence-corrected chi connectivity index (χ1v) is 6.56. The molecule has 1 aromatic carbocycles. The second-order valence-corrected chi connectivity index (χ2v) is 5.87. The van der Waals surface area contributed by atoms with Crippen LogP contribution in [-0.4, -0.2) is 12.5 Å². The Morgan fingerprint density at radius 2 is 1.67 bits per heavy atom. The fourth-order valence-corrected chi connectivity index (χ4v) is 2.09. The van der Waals surface area contributed by atoms with Gasteiger partial charge in [-0.1, -0.05) is 32.9 Å². The van der Waals surface area contributed by atoms with Crippen LogP contribution in [0.5, 0.6) is 0 Å². The van der Waals surface area contributed by atoms with Crippen molar-refractivity contribution in [3.8, 4) is 0 Å². The Hall–Kier alpha value is -1.31. The molecule has 0 amide bonds. The quantitative estimate of drug-likeness (QED) is 0.631. The minimum atomic E-state index is 0.168. The molecule has 0 fully saturated rings. The Kier molecular flexibility index (Phi) is 4.55. The molecule has 0 aliphatic rings. The van der Waals surface area contributed by atoms with Crippen LogP contribution in [0.4, 0.5) is 0 Å². The summed E-state index contributed by atoms with van der Waals surface area (Å²) in [6.07, 6.45) is 0.593. The van der Waals surface area contributed by atoms with E-state index in [4.69, 9.17) is 10.1 Å². The second kappa shape index (κ2) is 5.55. The maximum Gasteiger partial charge on any atom is 0.184 e. The molecule has 2 heteroatoms.